The molecule has 3 amide bonds. The molecule has 0 saturated carbocycles. The summed E-state index contributed by atoms with van der Waals surface area (Å²) in [5.41, 5.74) is 4.53. The Balaban J connectivity index is 1.35. The molecule has 0 radical (unpaired) electrons. The van der Waals surface area contributed by atoms with Gasteiger partial charge in [-0.2, -0.15) is 4.98 Å². The maximum Gasteiger partial charge on any atom is 0.319 e. The van der Waals surface area contributed by atoms with Gasteiger partial charge in [-0.3, -0.25) is 4.79 Å². The minimum Gasteiger partial charge on any atom is -0.341 e. The second-order valence-electron chi connectivity index (χ2n) is 8.58. The van der Waals surface area contributed by atoms with Crippen LogP contribution in [0.15, 0.2) is 48.7 Å². The number of anilines is 5. The van der Waals surface area contributed by atoms with Crippen LogP contribution in [0.3, 0.4) is 0 Å². The van der Waals surface area contributed by atoms with Gasteiger partial charge in [0.05, 0.1) is 6.20 Å². The quantitative estimate of drug-likeness (QED) is 0.429. The topological polar surface area (TPSA) is 111 Å². The number of aromatic nitrogens is 2. The van der Waals surface area contributed by atoms with Crippen molar-refractivity contribution in [2.24, 2.45) is 0 Å². The summed E-state index contributed by atoms with van der Waals surface area (Å²) in [6.45, 7) is 1.68. The van der Waals surface area contributed by atoms with Gasteiger partial charge in [-0.05, 0) is 60.7 Å². The number of carbonyl (C=O) groups excluding carboxylic acids is 2. The molecule has 6 bridgehead atoms. The number of rotatable bonds is 4. The minimum atomic E-state index is -0.300. The molecule has 0 spiro atoms. The normalized spacial score (nSPS) is 14.7. The van der Waals surface area contributed by atoms with E-state index in [-0.39, 0.29) is 11.9 Å². The van der Waals surface area contributed by atoms with Gasteiger partial charge in [0, 0.05) is 43.1 Å². The van der Waals surface area contributed by atoms with Crippen molar-refractivity contribution in [2.75, 3.05) is 35.6 Å². The number of nitrogens with zero attached hydrogens (tertiary/aromatic N) is 3. The Labute approximate surface area is 208 Å². The first kappa shape index (κ1) is 22.9. The number of hydrogen-bond donors (Lipinski definition) is 4. The van der Waals surface area contributed by atoms with Gasteiger partial charge in [-0.1, -0.05) is 23.7 Å². The molecule has 0 atom stereocenters. The summed E-state index contributed by atoms with van der Waals surface area (Å²) in [6, 6.07) is 13.5. The monoisotopic (exact) mass is 491 g/mol. The highest BCUT2D eigenvalue weighted by atomic mass is 35.5. The zero-order valence-electron chi connectivity index (χ0n) is 19.1. The third kappa shape index (κ3) is 5.63. The summed E-state index contributed by atoms with van der Waals surface area (Å²) in [7, 11) is 0. The molecule has 3 aromatic rings. The summed E-state index contributed by atoms with van der Waals surface area (Å²) < 4.78 is 0. The molecular formula is C25H26ClN7O2. The first-order valence-electron chi connectivity index (χ1n) is 11.6. The lowest BCUT2D eigenvalue weighted by atomic mass is 10.0. The first-order chi connectivity index (χ1) is 17.0. The zero-order valence-corrected chi connectivity index (χ0v) is 19.9. The highest BCUT2D eigenvalue weighted by Crippen LogP contribution is 2.29. The average molecular weight is 492 g/mol. The second-order valence-corrected chi connectivity index (χ2v) is 8.98. The molecule has 1 fully saturated rings. The predicted molar refractivity (Wildman–Crippen MR) is 137 cm³/mol. The van der Waals surface area contributed by atoms with E-state index in [2.05, 4.69) is 43.4 Å². The largest absolute Gasteiger partial charge is 0.341 e. The van der Waals surface area contributed by atoms with Crippen LogP contribution in [-0.4, -0.2) is 46.4 Å². The Morgan fingerprint density at radius 1 is 1.09 bits per heavy atom. The number of fused-ring (bicyclic) bond motifs is 6. The molecule has 2 aliphatic rings. The van der Waals surface area contributed by atoms with Crippen molar-refractivity contribution in [3.63, 3.8) is 0 Å². The van der Waals surface area contributed by atoms with Gasteiger partial charge in [0.1, 0.15) is 5.02 Å². The van der Waals surface area contributed by atoms with Crippen molar-refractivity contribution in [3.05, 3.63) is 64.8 Å². The molecule has 10 heteroatoms. The van der Waals surface area contributed by atoms with E-state index < -0.39 is 0 Å². The number of nitrogens with one attached hydrogen (secondary N) is 4. The zero-order chi connectivity index (χ0) is 24.2. The first-order valence-corrected chi connectivity index (χ1v) is 12.0. The van der Waals surface area contributed by atoms with Crippen LogP contribution in [0.2, 0.25) is 5.02 Å². The predicted octanol–water partition coefficient (Wildman–Crippen LogP) is 4.46. The molecule has 5 rings (SSSR count). The Morgan fingerprint density at radius 2 is 1.97 bits per heavy atom. The molecule has 1 aromatic heterocycles. The number of urea groups is 1. The van der Waals surface area contributed by atoms with Crippen LogP contribution in [0.5, 0.6) is 0 Å². The number of amides is 3. The van der Waals surface area contributed by atoms with Crippen LogP contribution >= 0.6 is 11.6 Å². The van der Waals surface area contributed by atoms with Crippen LogP contribution in [-0.2, 0) is 17.6 Å². The molecular weight excluding hydrogens is 466 g/mol. The number of hydrogen-bond acceptors (Lipinski definition) is 6. The van der Waals surface area contributed by atoms with Crippen LogP contribution in [0.1, 0.15) is 24.0 Å². The van der Waals surface area contributed by atoms with Crippen molar-refractivity contribution in [3.8, 4) is 0 Å². The molecule has 180 valence electrons. The molecule has 9 nitrogen and oxygen atoms in total. The van der Waals surface area contributed by atoms with Crippen molar-refractivity contribution in [1.29, 1.82) is 0 Å². The Bertz CT molecular complexity index is 1270. The van der Waals surface area contributed by atoms with E-state index in [1.54, 1.807) is 11.1 Å². The van der Waals surface area contributed by atoms with Crippen molar-refractivity contribution in [1.82, 2.24) is 20.2 Å². The standard InChI is InChI=1S/C25H26ClN7O2/c26-20-15-28-24-30-18-4-1-3-16(13-18)6-7-17-14-19(29-23(20)32-24)8-9-21(17)31-25(35)27-10-12-33-11-2-5-22(33)34/h1,3-4,8-9,13-15H,2,5-7,10-12H2,(H2,27,31,35)(H2,28,29,30,32). The Morgan fingerprint density at radius 3 is 2.83 bits per heavy atom. The Hall–Kier alpha value is -3.85. The summed E-state index contributed by atoms with van der Waals surface area (Å²) in [4.78, 5) is 34.9. The van der Waals surface area contributed by atoms with E-state index in [4.69, 9.17) is 11.6 Å². The smallest absolute Gasteiger partial charge is 0.319 e. The fraction of sp³-hybridized carbons (Fsp3) is 0.280. The third-order valence-electron chi connectivity index (χ3n) is 6.07. The second kappa shape index (κ2) is 10.2. The summed E-state index contributed by atoms with van der Waals surface area (Å²) in [6.07, 6.45) is 4.53. The van der Waals surface area contributed by atoms with Crippen LogP contribution in [0.25, 0.3) is 0 Å². The number of benzene rings is 2. The number of aryl methyl sites for hydroxylation is 2. The average Bonchev–Trinajstić information content (AvgIpc) is 3.25. The summed E-state index contributed by atoms with van der Waals surface area (Å²) in [5, 5.41) is 12.7. The van der Waals surface area contributed by atoms with Gasteiger partial charge in [0.2, 0.25) is 11.9 Å². The number of likely N-dealkylation sites (tertiary alicyclic amines) is 1. The van der Waals surface area contributed by atoms with Gasteiger partial charge >= 0.3 is 6.03 Å². The number of halogens is 1. The van der Waals surface area contributed by atoms with E-state index >= 15 is 0 Å². The lowest BCUT2D eigenvalue weighted by molar-refractivity contribution is -0.127. The van der Waals surface area contributed by atoms with Gasteiger partial charge in [-0.15, -0.1) is 0 Å². The van der Waals surface area contributed by atoms with Crippen LogP contribution in [0.4, 0.5) is 33.6 Å². The molecule has 3 heterocycles. The van der Waals surface area contributed by atoms with Crippen LogP contribution < -0.4 is 21.3 Å². The maximum atomic E-state index is 12.6. The third-order valence-corrected chi connectivity index (χ3v) is 6.34. The van der Waals surface area contributed by atoms with Crippen molar-refractivity contribution in [2.45, 2.75) is 25.7 Å². The van der Waals surface area contributed by atoms with Gasteiger partial charge < -0.3 is 26.2 Å². The molecule has 4 N–H and O–H groups in total. The van der Waals surface area contributed by atoms with Crippen LogP contribution in [0, 0.1) is 0 Å². The van der Waals surface area contributed by atoms with Gasteiger partial charge in [0.15, 0.2) is 5.82 Å². The molecule has 35 heavy (non-hydrogen) atoms. The van der Waals surface area contributed by atoms with E-state index in [0.717, 1.165) is 47.6 Å². The summed E-state index contributed by atoms with van der Waals surface area (Å²) in [5.74, 6) is 1.08. The highest BCUT2D eigenvalue weighted by molar-refractivity contribution is 6.32. The number of carbonyl (C=O) groups is 2. The fourth-order valence-electron chi connectivity index (χ4n) is 4.28. The molecule has 2 aromatic carbocycles. The highest BCUT2D eigenvalue weighted by Gasteiger charge is 2.19. The molecule has 0 unspecified atom stereocenters. The van der Waals surface area contributed by atoms with Crippen molar-refractivity contribution >= 4 is 52.4 Å². The molecule has 1 saturated heterocycles. The van der Waals surface area contributed by atoms with E-state index in [1.807, 2.05) is 30.3 Å². The van der Waals surface area contributed by atoms with Gasteiger partial charge in [-0.25, -0.2) is 9.78 Å². The SMILES string of the molecule is O=C(NCCN1CCCC1=O)Nc1ccc2cc1CCc1cccc(c1)Nc1ncc(Cl)c(n1)N2. The maximum absolute atomic E-state index is 12.6. The Kier molecular flexibility index (Phi) is 6.67. The van der Waals surface area contributed by atoms with E-state index in [1.165, 1.54) is 0 Å². The lowest BCUT2D eigenvalue weighted by Crippen LogP contribution is -2.37. The molecule has 0 aliphatic carbocycles. The molecule has 2 aliphatic heterocycles. The minimum absolute atomic E-state index is 0.150. The van der Waals surface area contributed by atoms with Gasteiger partial charge in [0.25, 0.3) is 0 Å². The van der Waals surface area contributed by atoms with E-state index in [9.17, 15) is 9.59 Å². The summed E-state index contributed by atoms with van der Waals surface area (Å²) >= 11 is 6.33. The lowest BCUT2D eigenvalue weighted by Gasteiger charge is -2.17. The van der Waals surface area contributed by atoms with E-state index in [0.29, 0.717) is 42.7 Å². The fourth-order valence-corrected chi connectivity index (χ4v) is 4.41. The van der Waals surface area contributed by atoms with Crippen molar-refractivity contribution < 1.29 is 9.59 Å².